The average molecular weight is 504 g/mol. The number of benzene rings is 3. The van der Waals surface area contributed by atoms with Crippen molar-refractivity contribution in [1.82, 2.24) is 9.97 Å². The van der Waals surface area contributed by atoms with Crippen LogP contribution in [-0.2, 0) is 4.79 Å². The first-order valence-corrected chi connectivity index (χ1v) is 12.2. The Labute approximate surface area is 213 Å². The van der Waals surface area contributed by atoms with Gasteiger partial charge in [-0.1, -0.05) is 41.6 Å². The number of hydrogen-bond donors (Lipinski definition) is 2. The van der Waals surface area contributed by atoms with E-state index in [0.29, 0.717) is 34.5 Å². The molecule has 0 saturated heterocycles. The lowest BCUT2D eigenvalue weighted by Gasteiger charge is -2.08. The number of hydrogen-bond acceptors (Lipinski definition) is 7. The van der Waals surface area contributed by atoms with Crippen molar-refractivity contribution in [3.8, 4) is 45.6 Å². The van der Waals surface area contributed by atoms with Gasteiger partial charge < -0.3 is 29.2 Å². The van der Waals surface area contributed by atoms with Crippen molar-refractivity contribution >= 4 is 23.4 Å². The number of rotatable bonds is 8. The van der Waals surface area contributed by atoms with E-state index in [1.54, 1.807) is 32.4 Å². The molecule has 0 unspecified atom stereocenters. The van der Waals surface area contributed by atoms with E-state index in [1.807, 2.05) is 49.4 Å². The summed E-state index contributed by atoms with van der Waals surface area (Å²) in [4.78, 5) is 21.0. The maximum absolute atomic E-state index is 12.7. The van der Waals surface area contributed by atoms with Crippen molar-refractivity contribution in [1.29, 1.82) is 0 Å². The maximum Gasteiger partial charge on any atom is 0.234 e. The van der Waals surface area contributed by atoms with Crippen molar-refractivity contribution in [3.05, 3.63) is 66.2 Å². The molecule has 36 heavy (non-hydrogen) atoms. The van der Waals surface area contributed by atoms with E-state index in [0.717, 1.165) is 27.4 Å². The molecule has 1 aromatic heterocycles. The lowest BCUT2D eigenvalue weighted by molar-refractivity contribution is -0.113. The second-order valence-electron chi connectivity index (χ2n) is 8.11. The Morgan fingerprint density at radius 3 is 2.50 bits per heavy atom. The highest BCUT2D eigenvalue weighted by Gasteiger charge is 2.18. The molecule has 0 fully saturated rings. The topological polar surface area (TPSA) is 94.7 Å². The van der Waals surface area contributed by atoms with Gasteiger partial charge in [-0.05, 0) is 37.3 Å². The van der Waals surface area contributed by atoms with Gasteiger partial charge in [0.25, 0.3) is 0 Å². The third-order valence-corrected chi connectivity index (χ3v) is 6.64. The van der Waals surface area contributed by atoms with Crippen LogP contribution in [-0.4, -0.2) is 42.6 Å². The van der Waals surface area contributed by atoms with Gasteiger partial charge in [-0.2, -0.15) is 0 Å². The molecule has 2 heterocycles. The standard InChI is InChI=1S/C27H25N3O5S/c1-16-4-6-17(7-5-16)25-27(30-26(29-25)18-8-10-20(32-2)22(12-18)33-3)36-14-24(31)28-19-9-11-21-23(13-19)35-15-34-21/h4-13H,14-15H2,1-3H3,(H,28,31)(H,29,30). The fourth-order valence-electron chi connectivity index (χ4n) is 3.80. The fraction of sp³-hybridized carbons (Fsp3) is 0.185. The molecule has 9 heteroatoms. The zero-order chi connectivity index (χ0) is 25.1. The SMILES string of the molecule is COc1ccc(-c2nc(SCC(=O)Nc3ccc4c(c3)OCO4)c(-c3ccc(C)cc3)[nH]2)cc1OC. The zero-order valence-corrected chi connectivity index (χ0v) is 20.9. The van der Waals surface area contributed by atoms with Crippen molar-refractivity contribution in [2.75, 3.05) is 32.1 Å². The Morgan fingerprint density at radius 2 is 1.72 bits per heavy atom. The summed E-state index contributed by atoms with van der Waals surface area (Å²) < 4.78 is 21.5. The van der Waals surface area contributed by atoms with Crippen LogP contribution < -0.4 is 24.3 Å². The number of thioether (sulfide) groups is 1. The third-order valence-electron chi connectivity index (χ3n) is 5.66. The van der Waals surface area contributed by atoms with Gasteiger partial charge in [-0.15, -0.1) is 0 Å². The van der Waals surface area contributed by atoms with Gasteiger partial charge in [-0.25, -0.2) is 4.98 Å². The molecule has 5 rings (SSSR count). The summed E-state index contributed by atoms with van der Waals surface area (Å²) in [5.41, 5.74) is 4.49. The van der Waals surface area contributed by atoms with Crippen LogP contribution in [0.25, 0.3) is 22.6 Å². The van der Waals surface area contributed by atoms with E-state index in [2.05, 4.69) is 10.3 Å². The lowest BCUT2D eigenvalue weighted by atomic mass is 10.1. The average Bonchev–Trinajstić information content (AvgIpc) is 3.54. The second kappa shape index (κ2) is 10.2. The molecule has 1 aliphatic heterocycles. The number of anilines is 1. The maximum atomic E-state index is 12.7. The number of aromatic nitrogens is 2. The number of carbonyl (C=O) groups is 1. The molecule has 0 spiro atoms. The Morgan fingerprint density at radius 1 is 0.972 bits per heavy atom. The number of carbonyl (C=O) groups excluding carboxylic acids is 1. The first-order chi connectivity index (χ1) is 17.5. The van der Waals surface area contributed by atoms with Crippen molar-refractivity contribution < 1.29 is 23.7 Å². The Hall–Kier alpha value is -4.11. The molecule has 8 nitrogen and oxygen atoms in total. The number of nitrogens with zero attached hydrogens (tertiary/aromatic N) is 1. The van der Waals surface area contributed by atoms with Gasteiger partial charge in [0.05, 0.1) is 25.7 Å². The quantitative estimate of drug-likeness (QED) is 0.305. The summed E-state index contributed by atoms with van der Waals surface area (Å²) in [7, 11) is 3.20. The number of nitrogens with one attached hydrogen (secondary N) is 2. The summed E-state index contributed by atoms with van der Waals surface area (Å²) in [6.07, 6.45) is 0. The van der Waals surface area contributed by atoms with E-state index in [4.69, 9.17) is 23.9 Å². The highest BCUT2D eigenvalue weighted by Crippen LogP contribution is 2.37. The molecule has 2 N–H and O–H groups in total. The Balaban J connectivity index is 1.39. The van der Waals surface area contributed by atoms with E-state index < -0.39 is 0 Å². The Kier molecular flexibility index (Phi) is 6.73. The summed E-state index contributed by atoms with van der Waals surface area (Å²) in [6.45, 7) is 2.23. The predicted octanol–water partition coefficient (Wildman–Crippen LogP) is 5.53. The van der Waals surface area contributed by atoms with Gasteiger partial charge in [-0.3, -0.25) is 4.79 Å². The van der Waals surface area contributed by atoms with Crippen LogP contribution >= 0.6 is 11.8 Å². The first kappa shape index (κ1) is 23.6. The lowest BCUT2D eigenvalue weighted by Crippen LogP contribution is -2.14. The van der Waals surface area contributed by atoms with Crippen LogP contribution in [0.5, 0.6) is 23.0 Å². The molecule has 0 aliphatic carbocycles. The van der Waals surface area contributed by atoms with Crippen LogP contribution in [0.4, 0.5) is 5.69 Å². The van der Waals surface area contributed by atoms with Crippen LogP contribution in [0.3, 0.4) is 0 Å². The minimum atomic E-state index is -0.149. The molecule has 1 amide bonds. The van der Waals surface area contributed by atoms with Gasteiger partial charge >= 0.3 is 0 Å². The summed E-state index contributed by atoms with van der Waals surface area (Å²) in [5.74, 6) is 3.25. The number of H-pyrrole nitrogens is 1. The van der Waals surface area contributed by atoms with Gasteiger partial charge in [0.1, 0.15) is 10.9 Å². The number of fused-ring (bicyclic) bond motifs is 1. The van der Waals surface area contributed by atoms with Crippen LogP contribution in [0, 0.1) is 6.92 Å². The largest absolute Gasteiger partial charge is 0.493 e. The molecule has 4 aromatic rings. The molecule has 3 aromatic carbocycles. The first-order valence-electron chi connectivity index (χ1n) is 11.3. The van der Waals surface area contributed by atoms with E-state index in [1.165, 1.54) is 11.8 Å². The van der Waals surface area contributed by atoms with Gasteiger partial charge in [0.15, 0.2) is 23.0 Å². The minimum absolute atomic E-state index is 0.149. The summed E-state index contributed by atoms with van der Waals surface area (Å²) >= 11 is 1.37. The highest BCUT2D eigenvalue weighted by molar-refractivity contribution is 8.00. The number of aryl methyl sites for hydroxylation is 1. The van der Waals surface area contributed by atoms with Crippen LogP contribution in [0.1, 0.15) is 5.56 Å². The van der Waals surface area contributed by atoms with E-state index >= 15 is 0 Å². The van der Waals surface area contributed by atoms with E-state index in [-0.39, 0.29) is 18.5 Å². The fourth-order valence-corrected chi connectivity index (χ4v) is 4.61. The monoisotopic (exact) mass is 503 g/mol. The zero-order valence-electron chi connectivity index (χ0n) is 20.1. The summed E-state index contributed by atoms with van der Waals surface area (Å²) in [5, 5.41) is 3.64. The van der Waals surface area contributed by atoms with Gasteiger partial charge in [0.2, 0.25) is 12.7 Å². The normalized spacial score (nSPS) is 11.9. The molecule has 0 radical (unpaired) electrons. The van der Waals surface area contributed by atoms with Crippen molar-refractivity contribution in [3.63, 3.8) is 0 Å². The molecule has 0 bridgehead atoms. The molecular formula is C27H25N3O5S. The Bertz CT molecular complexity index is 1400. The highest BCUT2D eigenvalue weighted by atomic mass is 32.2. The molecule has 0 atom stereocenters. The van der Waals surface area contributed by atoms with Crippen LogP contribution in [0.2, 0.25) is 0 Å². The number of aromatic amines is 1. The second-order valence-corrected chi connectivity index (χ2v) is 9.07. The van der Waals surface area contributed by atoms with Crippen molar-refractivity contribution in [2.45, 2.75) is 11.9 Å². The summed E-state index contributed by atoms with van der Waals surface area (Å²) in [6, 6.07) is 19.1. The number of methoxy groups -OCH3 is 2. The molecular weight excluding hydrogens is 478 g/mol. The van der Waals surface area contributed by atoms with E-state index in [9.17, 15) is 4.79 Å². The van der Waals surface area contributed by atoms with Crippen LogP contribution in [0.15, 0.2) is 65.7 Å². The number of ether oxygens (including phenoxy) is 4. The molecule has 1 aliphatic rings. The minimum Gasteiger partial charge on any atom is -0.493 e. The third kappa shape index (κ3) is 4.96. The number of imidazole rings is 1. The predicted molar refractivity (Wildman–Crippen MR) is 139 cm³/mol. The molecule has 0 saturated carbocycles. The van der Waals surface area contributed by atoms with Crippen molar-refractivity contribution in [2.24, 2.45) is 0 Å². The smallest absolute Gasteiger partial charge is 0.234 e. The number of amides is 1. The molecule has 184 valence electrons. The van der Waals surface area contributed by atoms with Gasteiger partial charge in [0, 0.05) is 22.9 Å².